The van der Waals surface area contributed by atoms with E-state index in [0.717, 1.165) is 43.9 Å². The summed E-state index contributed by atoms with van der Waals surface area (Å²) < 4.78 is 12.4. The van der Waals surface area contributed by atoms with Crippen molar-refractivity contribution < 1.29 is 9.47 Å². The molecule has 0 radical (unpaired) electrons. The molecular formula is C17H24N2O2S. The minimum absolute atomic E-state index is 0.386. The van der Waals surface area contributed by atoms with Gasteiger partial charge in [-0.3, -0.25) is 4.90 Å². The molecule has 1 atom stereocenters. The molecule has 0 amide bonds. The number of fused-ring (bicyclic) bond motifs is 1. The average molecular weight is 320 g/mol. The monoisotopic (exact) mass is 320 g/mol. The lowest BCUT2D eigenvalue weighted by atomic mass is 10.2. The third-order valence-electron chi connectivity index (χ3n) is 3.89. The van der Waals surface area contributed by atoms with Gasteiger partial charge in [0.25, 0.3) is 0 Å². The van der Waals surface area contributed by atoms with Crippen molar-refractivity contribution in [1.29, 1.82) is 0 Å². The molecule has 0 bridgehead atoms. The highest BCUT2D eigenvalue weighted by Crippen LogP contribution is 2.28. The molecule has 22 heavy (non-hydrogen) atoms. The van der Waals surface area contributed by atoms with Crippen LogP contribution in [0.1, 0.15) is 25.3 Å². The van der Waals surface area contributed by atoms with Crippen LogP contribution in [-0.2, 0) is 11.3 Å². The summed E-state index contributed by atoms with van der Waals surface area (Å²) in [4.78, 5) is 7.18. The molecule has 1 aromatic carbocycles. The normalized spacial score (nSPS) is 19.4. The Morgan fingerprint density at radius 1 is 1.41 bits per heavy atom. The Kier molecular flexibility index (Phi) is 4.96. The summed E-state index contributed by atoms with van der Waals surface area (Å²) in [6.07, 6.45) is 1.52. The highest BCUT2D eigenvalue weighted by molar-refractivity contribution is 7.18. The number of likely N-dealkylation sites (tertiary alicyclic amines) is 1. The van der Waals surface area contributed by atoms with Gasteiger partial charge in [-0.05, 0) is 30.5 Å². The van der Waals surface area contributed by atoms with Crippen LogP contribution in [0.15, 0.2) is 18.2 Å². The van der Waals surface area contributed by atoms with Crippen molar-refractivity contribution in [3.63, 3.8) is 0 Å². The van der Waals surface area contributed by atoms with Crippen molar-refractivity contribution in [2.45, 2.75) is 32.9 Å². The first-order chi connectivity index (χ1) is 10.6. The maximum absolute atomic E-state index is 5.95. The summed E-state index contributed by atoms with van der Waals surface area (Å²) >= 11 is 1.76. The first-order valence-corrected chi connectivity index (χ1v) is 8.73. The zero-order valence-corrected chi connectivity index (χ0v) is 14.4. The van der Waals surface area contributed by atoms with Crippen molar-refractivity contribution in [1.82, 2.24) is 9.88 Å². The Bertz CT molecular complexity index is 626. The topological polar surface area (TPSA) is 34.6 Å². The maximum Gasteiger partial charge on any atom is 0.120 e. The Hall–Kier alpha value is -1.17. The van der Waals surface area contributed by atoms with Gasteiger partial charge in [-0.15, -0.1) is 11.3 Å². The van der Waals surface area contributed by atoms with Crippen molar-refractivity contribution in [3.8, 4) is 5.75 Å². The molecule has 1 aliphatic heterocycles. The molecule has 1 unspecified atom stereocenters. The van der Waals surface area contributed by atoms with E-state index in [1.54, 1.807) is 18.4 Å². The van der Waals surface area contributed by atoms with Crippen molar-refractivity contribution in [2.24, 2.45) is 5.92 Å². The van der Waals surface area contributed by atoms with Gasteiger partial charge in [0.1, 0.15) is 10.8 Å². The highest BCUT2D eigenvalue weighted by atomic mass is 32.1. The van der Waals surface area contributed by atoms with E-state index < -0.39 is 0 Å². The van der Waals surface area contributed by atoms with Crippen LogP contribution in [0, 0.1) is 5.92 Å². The quantitative estimate of drug-likeness (QED) is 0.815. The zero-order valence-electron chi connectivity index (χ0n) is 13.5. The molecule has 0 saturated carbocycles. The van der Waals surface area contributed by atoms with Gasteiger partial charge in [-0.2, -0.15) is 0 Å². The second-order valence-electron chi connectivity index (χ2n) is 6.31. The fourth-order valence-electron chi connectivity index (χ4n) is 2.74. The van der Waals surface area contributed by atoms with Crippen molar-refractivity contribution >= 4 is 21.6 Å². The summed E-state index contributed by atoms with van der Waals surface area (Å²) in [5.41, 5.74) is 1.06. The van der Waals surface area contributed by atoms with Gasteiger partial charge in [-0.1, -0.05) is 13.8 Å². The largest absolute Gasteiger partial charge is 0.497 e. The first-order valence-electron chi connectivity index (χ1n) is 7.91. The summed E-state index contributed by atoms with van der Waals surface area (Å²) in [5.74, 6) is 1.50. The second-order valence-corrected chi connectivity index (χ2v) is 7.43. The summed E-state index contributed by atoms with van der Waals surface area (Å²) in [7, 11) is 1.70. The molecule has 0 aliphatic carbocycles. The summed E-state index contributed by atoms with van der Waals surface area (Å²) in [6.45, 7) is 8.29. The van der Waals surface area contributed by atoms with E-state index in [1.807, 2.05) is 12.1 Å². The summed E-state index contributed by atoms with van der Waals surface area (Å²) in [5, 5.41) is 1.17. The van der Waals surface area contributed by atoms with E-state index >= 15 is 0 Å². The van der Waals surface area contributed by atoms with Crippen LogP contribution >= 0.6 is 11.3 Å². The molecule has 0 N–H and O–H groups in total. The van der Waals surface area contributed by atoms with Crippen LogP contribution in [0.25, 0.3) is 10.2 Å². The molecule has 5 heteroatoms. The van der Waals surface area contributed by atoms with E-state index in [2.05, 4.69) is 24.8 Å². The van der Waals surface area contributed by atoms with Gasteiger partial charge in [0.15, 0.2) is 0 Å². The number of ether oxygens (including phenoxy) is 2. The number of thiazole rings is 1. The SMILES string of the molecule is COc1ccc2nc(CN3CCC(OCC(C)C)C3)sc2c1. The molecule has 3 rings (SSSR count). The lowest BCUT2D eigenvalue weighted by Gasteiger charge is -2.15. The Balaban J connectivity index is 1.59. The third-order valence-corrected chi connectivity index (χ3v) is 4.90. The number of rotatable bonds is 6. The molecule has 1 aliphatic rings. The molecule has 2 aromatic rings. The Morgan fingerprint density at radius 3 is 3.05 bits per heavy atom. The molecule has 1 fully saturated rings. The van der Waals surface area contributed by atoms with Crippen LogP contribution in [0.2, 0.25) is 0 Å². The standard InChI is InChI=1S/C17H24N2O2S/c1-12(2)11-21-14-6-7-19(9-14)10-17-18-15-5-4-13(20-3)8-16(15)22-17/h4-5,8,12,14H,6-7,9-11H2,1-3H3. The van der Waals surface area contributed by atoms with Gasteiger partial charge >= 0.3 is 0 Å². The van der Waals surface area contributed by atoms with Gasteiger partial charge in [0.05, 0.1) is 30.0 Å². The van der Waals surface area contributed by atoms with Gasteiger partial charge < -0.3 is 9.47 Å². The van der Waals surface area contributed by atoms with E-state index in [0.29, 0.717) is 12.0 Å². The lowest BCUT2D eigenvalue weighted by molar-refractivity contribution is 0.0412. The number of aromatic nitrogens is 1. The molecule has 1 saturated heterocycles. The Morgan fingerprint density at radius 2 is 2.27 bits per heavy atom. The second kappa shape index (κ2) is 6.94. The first kappa shape index (κ1) is 15.7. The Labute approximate surface area is 136 Å². The van der Waals surface area contributed by atoms with E-state index in [9.17, 15) is 0 Å². The van der Waals surface area contributed by atoms with Crippen LogP contribution in [0.4, 0.5) is 0 Å². The fourth-order valence-corrected chi connectivity index (χ4v) is 3.78. The maximum atomic E-state index is 5.95. The van der Waals surface area contributed by atoms with Crippen molar-refractivity contribution in [2.75, 3.05) is 26.8 Å². The van der Waals surface area contributed by atoms with Gasteiger partial charge in [-0.25, -0.2) is 4.98 Å². The van der Waals surface area contributed by atoms with E-state index in [1.165, 1.54) is 9.71 Å². The third kappa shape index (κ3) is 3.77. The summed E-state index contributed by atoms with van der Waals surface area (Å²) in [6, 6.07) is 6.07. The minimum Gasteiger partial charge on any atom is -0.497 e. The van der Waals surface area contributed by atoms with Crippen LogP contribution in [0.3, 0.4) is 0 Å². The molecule has 4 nitrogen and oxygen atoms in total. The van der Waals surface area contributed by atoms with Crippen LogP contribution in [-0.4, -0.2) is 42.8 Å². The lowest BCUT2D eigenvalue weighted by Crippen LogP contribution is -2.23. The predicted molar refractivity (Wildman–Crippen MR) is 90.6 cm³/mol. The number of nitrogens with zero attached hydrogens (tertiary/aromatic N) is 2. The molecule has 120 valence electrons. The van der Waals surface area contributed by atoms with Crippen LogP contribution < -0.4 is 4.74 Å². The van der Waals surface area contributed by atoms with Crippen LogP contribution in [0.5, 0.6) is 5.75 Å². The predicted octanol–water partition coefficient (Wildman–Crippen LogP) is 3.55. The highest BCUT2D eigenvalue weighted by Gasteiger charge is 2.24. The van der Waals surface area contributed by atoms with Gasteiger partial charge in [0, 0.05) is 19.7 Å². The number of hydrogen-bond acceptors (Lipinski definition) is 5. The number of hydrogen-bond donors (Lipinski definition) is 0. The average Bonchev–Trinajstić information content (AvgIpc) is 3.10. The van der Waals surface area contributed by atoms with Crippen molar-refractivity contribution in [3.05, 3.63) is 23.2 Å². The van der Waals surface area contributed by atoms with E-state index in [-0.39, 0.29) is 0 Å². The molecule has 0 spiro atoms. The number of methoxy groups -OCH3 is 1. The molecule has 1 aromatic heterocycles. The van der Waals surface area contributed by atoms with Gasteiger partial charge in [0.2, 0.25) is 0 Å². The zero-order chi connectivity index (χ0) is 15.5. The fraction of sp³-hybridized carbons (Fsp3) is 0.588. The minimum atomic E-state index is 0.386. The number of benzene rings is 1. The molecular weight excluding hydrogens is 296 g/mol. The smallest absolute Gasteiger partial charge is 0.120 e. The molecule has 2 heterocycles. The van der Waals surface area contributed by atoms with E-state index in [4.69, 9.17) is 14.5 Å².